The number of aromatic nitrogens is 1. The van der Waals surface area contributed by atoms with Crippen LogP contribution < -0.4 is 4.90 Å². The molecule has 1 aromatic heterocycles. The number of fused-ring (bicyclic) bond motifs is 6. The lowest BCUT2D eigenvalue weighted by molar-refractivity contribution is 0.217. The molecule has 0 N–H and O–H groups in total. The van der Waals surface area contributed by atoms with Crippen LogP contribution in [0.3, 0.4) is 0 Å². The Bertz CT molecular complexity index is 342. The Hall–Kier alpha value is -1.09. The average Bonchev–Trinajstić information content (AvgIpc) is 2.28. The molecule has 0 amide bonds. The molecule has 0 aromatic carbocycles. The molecule has 0 spiro atoms. The molecule has 4 rings (SSSR count). The number of hydrogen-bond donors (Lipinski definition) is 0. The van der Waals surface area contributed by atoms with Crippen LogP contribution in [0.25, 0.3) is 0 Å². The van der Waals surface area contributed by atoms with Crippen molar-refractivity contribution in [2.75, 3.05) is 31.1 Å². The van der Waals surface area contributed by atoms with Gasteiger partial charge in [0.2, 0.25) is 0 Å². The van der Waals surface area contributed by atoms with Crippen molar-refractivity contribution in [3.63, 3.8) is 0 Å². The average molecular weight is 231 g/mol. The van der Waals surface area contributed by atoms with E-state index in [1.165, 1.54) is 57.5 Å². The van der Waals surface area contributed by atoms with E-state index in [9.17, 15) is 0 Å². The third kappa shape index (κ3) is 2.44. The highest BCUT2D eigenvalue weighted by Crippen LogP contribution is 2.25. The quantitative estimate of drug-likeness (QED) is 0.738. The van der Waals surface area contributed by atoms with Gasteiger partial charge >= 0.3 is 0 Å². The van der Waals surface area contributed by atoms with E-state index in [4.69, 9.17) is 0 Å². The minimum atomic E-state index is 0.750. The van der Waals surface area contributed by atoms with Gasteiger partial charge in [0.1, 0.15) is 0 Å². The first-order valence-corrected chi connectivity index (χ1v) is 6.82. The Morgan fingerprint density at radius 3 is 2.35 bits per heavy atom. The fraction of sp³-hybridized carbons (Fsp3) is 0.643. The summed E-state index contributed by atoms with van der Waals surface area (Å²) >= 11 is 0. The second kappa shape index (κ2) is 5.05. The summed E-state index contributed by atoms with van der Waals surface area (Å²) in [6.07, 6.45) is 9.22. The lowest BCUT2D eigenvalue weighted by atomic mass is 9.98. The predicted octanol–water partition coefficient (Wildman–Crippen LogP) is 2.15. The minimum Gasteiger partial charge on any atom is -0.367 e. The lowest BCUT2D eigenvalue weighted by Crippen LogP contribution is -2.47. The largest absolute Gasteiger partial charge is 0.367 e. The zero-order valence-electron chi connectivity index (χ0n) is 10.4. The van der Waals surface area contributed by atoms with Gasteiger partial charge in [-0.25, -0.2) is 0 Å². The molecule has 17 heavy (non-hydrogen) atoms. The van der Waals surface area contributed by atoms with Gasteiger partial charge in [-0.1, -0.05) is 0 Å². The summed E-state index contributed by atoms with van der Waals surface area (Å²) in [6, 6.07) is 5.06. The molecule has 0 radical (unpaired) electrons. The molecule has 3 aliphatic heterocycles. The molecule has 2 bridgehead atoms. The van der Waals surface area contributed by atoms with Gasteiger partial charge in [-0.05, 0) is 50.9 Å². The second-order valence-corrected chi connectivity index (χ2v) is 5.18. The van der Waals surface area contributed by atoms with Crippen LogP contribution in [-0.4, -0.2) is 42.1 Å². The summed E-state index contributed by atoms with van der Waals surface area (Å²) in [5.41, 5.74) is 1.36. The third-order valence-corrected chi connectivity index (χ3v) is 4.12. The minimum absolute atomic E-state index is 0.750. The van der Waals surface area contributed by atoms with E-state index in [2.05, 4.69) is 26.9 Å². The maximum atomic E-state index is 4.12. The molecule has 92 valence electrons. The summed E-state index contributed by atoms with van der Waals surface area (Å²) in [4.78, 5) is 9.36. The van der Waals surface area contributed by atoms with Crippen LogP contribution in [-0.2, 0) is 0 Å². The lowest BCUT2D eigenvalue weighted by Gasteiger charge is -2.41. The van der Waals surface area contributed by atoms with Crippen molar-refractivity contribution < 1.29 is 0 Å². The van der Waals surface area contributed by atoms with Crippen LogP contribution in [0, 0.1) is 0 Å². The molecule has 0 saturated carbocycles. The molecular formula is C14H21N3. The van der Waals surface area contributed by atoms with Gasteiger partial charge in [-0.3, -0.25) is 4.98 Å². The second-order valence-electron chi connectivity index (χ2n) is 5.18. The van der Waals surface area contributed by atoms with Gasteiger partial charge in [0, 0.05) is 37.2 Å². The zero-order chi connectivity index (χ0) is 11.5. The Morgan fingerprint density at radius 1 is 0.941 bits per heavy atom. The summed E-state index contributed by atoms with van der Waals surface area (Å²) in [6.45, 7) is 5.01. The van der Waals surface area contributed by atoms with Crippen LogP contribution in [0.5, 0.6) is 0 Å². The highest BCUT2D eigenvalue weighted by molar-refractivity contribution is 5.46. The normalized spacial score (nSPS) is 29.5. The first kappa shape index (κ1) is 11.0. The molecule has 0 aliphatic carbocycles. The fourth-order valence-electron chi connectivity index (χ4n) is 3.20. The number of rotatable bonds is 1. The molecule has 0 atom stereocenters. The number of hydrogen-bond acceptors (Lipinski definition) is 3. The van der Waals surface area contributed by atoms with E-state index < -0.39 is 0 Å². The van der Waals surface area contributed by atoms with Gasteiger partial charge in [-0.15, -0.1) is 0 Å². The Morgan fingerprint density at radius 2 is 1.65 bits per heavy atom. The maximum absolute atomic E-state index is 4.12. The van der Waals surface area contributed by atoms with E-state index in [1.807, 2.05) is 12.4 Å². The van der Waals surface area contributed by atoms with Gasteiger partial charge in [0.15, 0.2) is 0 Å². The first-order chi connectivity index (χ1) is 8.43. The van der Waals surface area contributed by atoms with Crippen LogP contribution in [0.15, 0.2) is 24.5 Å². The van der Waals surface area contributed by atoms with Crippen molar-refractivity contribution in [2.24, 2.45) is 0 Å². The van der Waals surface area contributed by atoms with E-state index in [0.717, 1.165) is 6.04 Å². The zero-order valence-corrected chi connectivity index (χ0v) is 10.4. The van der Waals surface area contributed by atoms with Crippen LogP contribution in [0.4, 0.5) is 5.69 Å². The Kier molecular flexibility index (Phi) is 3.27. The van der Waals surface area contributed by atoms with Crippen molar-refractivity contribution in [1.82, 2.24) is 9.88 Å². The summed E-state index contributed by atoms with van der Waals surface area (Å²) in [7, 11) is 0. The van der Waals surface area contributed by atoms with Gasteiger partial charge in [-0.2, -0.15) is 0 Å². The predicted molar refractivity (Wildman–Crippen MR) is 70.3 cm³/mol. The molecule has 3 heteroatoms. The molecule has 1 aromatic rings. The summed E-state index contributed by atoms with van der Waals surface area (Å²) < 4.78 is 0. The topological polar surface area (TPSA) is 19.4 Å². The van der Waals surface area contributed by atoms with Crippen molar-refractivity contribution >= 4 is 5.69 Å². The van der Waals surface area contributed by atoms with Gasteiger partial charge in [0.25, 0.3) is 0 Å². The molecule has 3 nitrogen and oxygen atoms in total. The fourth-order valence-corrected chi connectivity index (χ4v) is 3.20. The SMILES string of the molecule is c1cc(N2CCN3CCCC2CCC3)ccn1. The summed E-state index contributed by atoms with van der Waals surface area (Å²) in [5, 5.41) is 0. The Labute approximate surface area is 103 Å². The first-order valence-electron chi connectivity index (χ1n) is 6.82. The number of nitrogens with zero attached hydrogens (tertiary/aromatic N) is 3. The van der Waals surface area contributed by atoms with E-state index in [-0.39, 0.29) is 0 Å². The van der Waals surface area contributed by atoms with E-state index >= 15 is 0 Å². The molecule has 3 saturated heterocycles. The molecule has 3 fully saturated rings. The number of pyridine rings is 1. The Balaban J connectivity index is 1.83. The highest BCUT2D eigenvalue weighted by atomic mass is 15.2. The van der Waals surface area contributed by atoms with Crippen molar-refractivity contribution in [3.05, 3.63) is 24.5 Å². The molecule has 0 unspecified atom stereocenters. The van der Waals surface area contributed by atoms with Crippen LogP contribution in [0.1, 0.15) is 25.7 Å². The number of anilines is 1. The van der Waals surface area contributed by atoms with Crippen LogP contribution >= 0.6 is 0 Å². The standard InChI is InChI=1S/C14H21N3/c1-3-13-4-2-10-16(9-1)11-12-17(13)14-5-7-15-8-6-14/h5-8,13H,1-4,9-12H2. The van der Waals surface area contributed by atoms with E-state index in [1.54, 1.807) is 0 Å². The summed E-state index contributed by atoms with van der Waals surface area (Å²) in [5.74, 6) is 0. The molecule has 4 heterocycles. The maximum Gasteiger partial charge on any atom is 0.0400 e. The van der Waals surface area contributed by atoms with E-state index in [0.29, 0.717) is 0 Å². The highest BCUT2D eigenvalue weighted by Gasteiger charge is 2.25. The van der Waals surface area contributed by atoms with Crippen molar-refractivity contribution in [2.45, 2.75) is 31.7 Å². The van der Waals surface area contributed by atoms with Gasteiger partial charge in [0.05, 0.1) is 0 Å². The third-order valence-electron chi connectivity index (χ3n) is 4.12. The van der Waals surface area contributed by atoms with Crippen molar-refractivity contribution in [3.8, 4) is 0 Å². The smallest absolute Gasteiger partial charge is 0.0400 e. The van der Waals surface area contributed by atoms with Gasteiger partial charge < -0.3 is 9.80 Å². The molecule has 3 aliphatic rings. The molecular weight excluding hydrogens is 210 g/mol. The van der Waals surface area contributed by atoms with Crippen molar-refractivity contribution in [1.29, 1.82) is 0 Å². The monoisotopic (exact) mass is 231 g/mol. The van der Waals surface area contributed by atoms with Crippen LogP contribution in [0.2, 0.25) is 0 Å².